The van der Waals surface area contributed by atoms with Gasteiger partial charge in [0.1, 0.15) is 0 Å². The molecule has 0 fully saturated rings. The van der Waals surface area contributed by atoms with E-state index in [1.165, 1.54) is 26.2 Å². The second-order valence-corrected chi connectivity index (χ2v) is 6.44. The number of nitrogens with one attached hydrogen (secondary N) is 1. The van der Waals surface area contributed by atoms with Crippen molar-refractivity contribution in [2.75, 3.05) is 39.7 Å². The van der Waals surface area contributed by atoms with Crippen molar-refractivity contribution in [3.63, 3.8) is 0 Å². The van der Waals surface area contributed by atoms with Gasteiger partial charge in [-0.2, -0.15) is 0 Å². The summed E-state index contributed by atoms with van der Waals surface area (Å²) in [5.74, 6) is 0. The molecule has 1 atom stereocenters. The van der Waals surface area contributed by atoms with Gasteiger partial charge >= 0.3 is 0 Å². The highest BCUT2D eigenvalue weighted by atomic mass is 32.2. The highest BCUT2D eigenvalue weighted by Crippen LogP contribution is 2.17. The molecule has 0 spiro atoms. The van der Waals surface area contributed by atoms with Crippen LogP contribution in [0, 0.1) is 0 Å². The molecule has 1 rings (SSSR count). The molecular formula is C12H20N2O4S. The second kappa shape index (κ2) is 6.85. The molecule has 108 valence electrons. The molecule has 1 unspecified atom stereocenters. The van der Waals surface area contributed by atoms with Crippen LogP contribution in [0.3, 0.4) is 0 Å². The zero-order chi connectivity index (χ0) is 14.5. The van der Waals surface area contributed by atoms with Gasteiger partial charge in [-0.1, -0.05) is 0 Å². The van der Waals surface area contributed by atoms with Crippen LogP contribution in [0.15, 0.2) is 29.2 Å². The number of nitrogens with zero attached hydrogens (tertiary/aromatic N) is 1. The number of hydrogen-bond acceptors (Lipinski definition) is 5. The molecule has 0 heterocycles. The first-order valence-electron chi connectivity index (χ1n) is 5.80. The molecule has 7 heteroatoms. The first-order valence-corrected chi connectivity index (χ1v) is 7.24. The SMILES string of the molecule is COCC(CO)Nc1ccc(S(=O)(=O)N(C)C)cc1. The third-order valence-electron chi connectivity index (χ3n) is 2.59. The van der Waals surface area contributed by atoms with Gasteiger partial charge in [0.15, 0.2) is 0 Å². The minimum absolute atomic E-state index is 0.0639. The predicted octanol–water partition coefficient (Wildman–Crippen LogP) is 0.356. The van der Waals surface area contributed by atoms with E-state index in [1.54, 1.807) is 19.2 Å². The molecule has 19 heavy (non-hydrogen) atoms. The summed E-state index contributed by atoms with van der Waals surface area (Å²) in [6.07, 6.45) is 0. The fourth-order valence-corrected chi connectivity index (χ4v) is 2.41. The summed E-state index contributed by atoms with van der Waals surface area (Å²) in [4.78, 5) is 0.232. The number of sulfonamides is 1. The van der Waals surface area contributed by atoms with Crippen LogP contribution in [0.25, 0.3) is 0 Å². The molecule has 0 aliphatic carbocycles. The Balaban J connectivity index is 2.82. The highest BCUT2D eigenvalue weighted by Gasteiger charge is 2.16. The van der Waals surface area contributed by atoms with E-state index < -0.39 is 10.0 Å². The molecule has 1 aromatic carbocycles. The Morgan fingerprint density at radius 2 is 1.89 bits per heavy atom. The quantitative estimate of drug-likeness (QED) is 0.757. The summed E-state index contributed by atoms with van der Waals surface area (Å²) in [5, 5.41) is 12.2. The van der Waals surface area contributed by atoms with Gasteiger partial charge in [0.2, 0.25) is 10.0 Å². The summed E-state index contributed by atoms with van der Waals surface area (Å²) in [6, 6.07) is 6.16. The van der Waals surface area contributed by atoms with Gasteiger partial charge in [-0.3, -0.25) is 0 Å². The minimum Gasteiger partial charge on any atom is -0.394 e. The maximum absolute atomic E-state index is 11.9. The van der Waals surface area contributed by atoms with Crippen molar-refractivity contribution in [2.45, 2.75) is 10.9 Å². The Hall–Kier alpha value is -1.15. The average Bonchev–Trinajstić information content (AvgIpc) is 2.38. The Kier molecular flexibility index (Phi) is 5.74. The van der Waals surface area contributed by atoms with Crippen molar-refractivity contribution in [2.24, 2.45) is 0 Å². The van der Waals surface area contributed by atoms with E-state index in [4.69, 9.17) is 9.84 Å². The molecule has 0 bridgehead atoms. The molecule has 0 aliphatic heterocycles. The standard InChI is InChI=1S/C12H20N2O4S/c1-14(2)19(16,17)12-6-4-10(5-7-12)13-11(8-15)9-18-3/h4-7,11,13,15H,8-9H2,1-3H3. The first kappa shape index (κ1) is 15.9. The number of benzene rings is 1. The largest absolute Gasteiger partial charge is 0.394 e. The molecule has 0 saturated heterocycles. The van der Waals surface area contributed by atoms with E-state index in [-0.39, 0.29) is 17.5 Å². The van der Waals surface area contributed by atoms with Crippen LogP contribution in [0.1, 0.15) is 0 Å². The summed E-state index contributed by atoms with van der Waals surface area (Å²) in [5.41, 5.74) is 0.730. The summed E-state index contributed by atoms with van der Waals surface area (Å²) in [6.45, 7) is 0.305. The molecule has 0 aliphatic rings. The van der Waals surface area contributed by atoms with E-state index in [1.807, 2.05) is 0 Å². The van der Waals surface area contributed by atoms with E-state index in [0.29, 0.717) is 6.61 Å². The van der Waals surface area contributed by atoms with Gasteiger partial charge in [-0.25, -0.2) is 12.7 Å². The van der Waals surface area contributed by atoms with Gasteiger partial charge in [-0.05, 0) is 24.3 Å². The number of anilines is 1. The van der Waals surface area contributed by atoms with E-state index in [2.05, 4.69) is 5.32 Å². The zero-order valence-corrected chi connectivity index (χ0v) is 12.1. The lowest BCUT2D eigenvalue weighted by Gasteiger charge is -2.17. The molecule has 0 amide bonds. The number of rotatable bonds is 7. The highest BCUT2D eigenvalue weighted by molar-refractivity contribution is 7.89. The second-order valence-electron chi connectivity index (χ2n) is 4.29. The Bertz CT molecular complexity index is 485. The van der Waals surface area contributed by atoms with Crippen molar-refractivity contribution in [3.8, 4) is 0 Å². The van der Waals surface area contributed by atoms with Crippen LogP contribution in [-0.2, 0) is 14.8 Å². The zero-order valence-electron chi connectivity index (χ0n) is 11.3. The van der Waals surface area contributed by atoms with Crippen LogP contribution in [-0.4, -0.2) is 58.3 Å². The third-order valence-corrected chi connectivity index (χ3v) is 4.42. The monoisotopic (exact) mass is 288 g/mol. The van der Waals surface area contributed by atoms with E-state index >= 15 is 0 Å². The van der Waals surface area contributed by atoms with Gasteiger partial charge in [-0.15, -0.1) is 0 Å². The number of ether oxygens (including phenoxy) is 1. The lowest BCUT2D eigenvalue weighted by molar-refractivity contribution is 0.153. The summed E-state index contributed by atoms with van der Waals surface area (Å²) >= 11 is 0. The van der Waals surface area contributed by atoms with Crippen LogP contribution < -0.4 is 5.32 Å². The number of methoxy groups -OCH3 is 1. The van der Waals surface area contributed by atoms with E-state index in [0.717, 1.165) is 9.99 Å². The van der Waals surface area contributed by atoms with Gasteiger partial charge in [0.25, 0.3) is 0 Å². The van der Waals surface area contributed by atoms with Gasteiger partial charge in [0.05, 0.1) is 24.2 Å². The Morgan fingerprint density at radius 1 is 1.32 bits per heavy atom. The molecule has 0 aromatic heterocycles. The Morgan fingerprint density at radius 3 is 2.32 bits per heavy atom. The maximum Gasteiger partial charge on any atom is 0.242 e. The normalized spacial score (nSPS) is 13.5. The smallest absolute Gasteiger partial charge is 0.242 e. The molecule has 2 N–H and O–H groups in total. The molecule has 6 nitrogen and oxygen atoms in total. The van der Waals surface area contributed by atoms with Crippen molar-refractivity contribution in [1.82, 2.24) is 4.31 Å². The lowest BCUT2D eigenvalue weighted by Crippen LogP contribution is -2.28. The van der Waals surface area contributed by atoms with Gasteiger partial charge < -0.3 is 15.2 Å². The summed E-state index contributed by atoms with van der Waals surface area (Å²) in [7, 11) is 1.12. The Labute approximate surface area is 114 Å². The minimum atomic E-state index is -3.41. The fraction of sp³-hybridized carbons (Fsp3) is 0.500. The fourth-order valence-electron chi connectivity index (χ4n) is 1.51. The van der Waals surface area contributed by atoms with Crippen LogP contribution in [0.4, 0.5) is 5.69 Å². The van der Waals surface area contributed by atoms with Crippen molar-refractivity contribution in [3.05, 3.63) is 24.3 Å². The van der Waals surface area contributed by atoms with Crippen LogP contribution in [0.2, 0.25) is 0 Å². The van der Waals surface area contributed by atoms with Crippen LogP contribution >= 0.6 is 0 Å². The number of aliphatic hydroxyl groups excluding tert-OH is 1. The predicted molar refractivity (Wildman–Crippen MR) is 73.7 cm³/mol. The molecule has 0 radical (unpaired) electrons. The summed E-state index contributed by atoms with van der Waals surface area (Å²) < 4.78 is 29.9. The molecule has 0 saturated carbocycles. The maximum atomic E-state index is 11.9. The topological polar surface area (TPSA) is 78.9 Å². The first-order chi connectivity index (χ1) is 8.91. The average molecular weight is 288 g/mol. The van der Waals surface area contributed by atoms with E-state index in [9.17, 15) is 8.42 Å². The van der Waals surface area contributed by atoms with Crippen molar-refractivity contribution >= 4 is 15.7 Å². The molecule has 1 aromatic rings. The van der Waals surface area contributed by atoms with Crippen molar-refractivity contribution < 1.29 is 18.3 Å². The third kappa shape index (κ3) is 4.17. The number of aliphatic hydroxyl groups is 1. The molecular weight excluding hydrogens is 268 g/mol. The van der Waals surface area contributed by atoms with Crippen molar-refractivity contribution in [1.29, 1.82) is 0 Å². The lowest BCUT2D eigenvalue weighted by atomic mass is 10.2. The van der Waals surface area contributed by atoms with Crippen LogP contribution in [0.5, 0.6) is 0 Å². The van der Waals surface area contributed by atoms with Gasteiger partial charge in [0, 0.05) is 26.9 Å². The number of hydrogen-bond donors (Lipinski definition) is 2.